The van der Waals surface area contributed by atoms with E-state index in [2.05, 4.69) is 34.4 Å². The maximum absolute atomic E-state index is 12.7. The molecule has 7 atom stereocenters. The number of phosphoric acid groups is 3. The van der Waals surface area contributed by atoms with Crippen LogP contribution >= 0.6 is 35.2 Å². The number of nitrogens with two attached hydrogens (primary N) is 1. The molecule has 0 radical (unpaired) electrons. The van der Waals surface area contributed by atoms with Gasteiger partial charge in [-0.05, 0) is 6.42 Å². The van der Waals surface area contributed by atoms with Crippen molar-refractivity contribution in [2.75, 3.05) is 37.8 Å². The van der Waals surface area contributed by atoms with E-state index in [0.717, 1.165) is 29.0 Å². The van der Waals surface area contributed by atoms with Crippen LogP contribution in [0.15, 0.2) is 12.7 Å². The Bertz CT molecular complexity index is 1860. The van der Waals surface area contributed by atoms with Crippen molar-refractivity contribution in [1.82, 2.24) is 30.2 Å². The van der Waals surface area contributed by atoms with Gasteiger partial charge in [0.1, 0.15) is 42.0 Å². The van der Waals surface area contributed by atoms with Crippen molar-refractivity contribution < 1.29 is 85.3 Å². The quantitative estimate of drug-likeness (QED) is 0.0383. The third-order valence-electron chi connectivity index (χ3n) is 7.64. The summed E-state index contributed by atoms with van der Waals surface area (Å²) in [5, 5.41) is 25.9. The van der Waals surface area contributed by atoms with E-state index in [1.54, 1.807) is 0 Å². The molecule has 10 N–H and O–H groups in total. The average molecular weight is 880 g/mol. The van der Waals surface area contributed by atoms with Crippen LogP contribution in [0.4, 0.5) is 5.82 Å². The number of thioether (sulfide) groups is 1. The monoisotopic (exact) mass is 879 g/mol. The molecule has 1 saturated heterocycles. The number of nitrogens with zero attached hydrogens (tertiary/aromatic N) is 4. The summed E-state index contributed by atoms with van der Waals surface area (Å²) in [6.07, 6.45) is -6.25. The van der Waals surface area contributed by atoms with E-state index in [1.807, 2.05) is 6.92 Å². The molecule has 1 fully saturated rings. The number of nitrogen functional groups attached to an aromatic ring is 1. The summed E-state index contributed by atoms with van der Waals surface area (Å²) < 4.78 is 62.0. The second kappa shape index (κ2) is 20.3. The molecule has 1 aliphatic heterocycles. The zero-order chi connectivity index (χ0) is 42.1. The second-order valence-electron chi connectivity index (χ2n) is 12.8. The molecule has 3 heterocycles. The Morgan fingerprint density at radius 3 is 2.38 bits per heavy atom. The van der Waals surface area contributed by atoms with E-state index in [1.165, 1.54) is 13.8 Å². The fraction of sp³-hybridized carbons (Fsp3) is 0.667. The van der Waals surface area contributed by atoms with Crippen LogP contribution < -0.4 is 16.4 Å². The lowest BCUT2D eigenvalue weighted by Gasteiger charge is -2.30. The maximum atomic E-state index is 12.7. The molecule has 56 heavy (non-hydrogen) atoms. The number of ketones is 1. The van der Waals surface area contributed by atoms with Gasteiger partial charge in [0.15, 0.2) is 22.8 Å². The Hall–Kier alpha value is -2.77. The molecule has 0 spiro atoms. The maximum Gasteiger partial charge on any atom is 0.481 e. The van der Waals surface area contributed by atoms with Crippen LogP contribution in [0.25, 0.3) is 11.2 Å². The number of nitrogens with one attached hydrogen (secondary N) is 2. The molecule has 2 amide bonds. The number of Topliss-reactive ketones (excluding diaryl/α,β-unsaturated/α-hetero) is 1. The van der Waals surface area contributed by atoms with Crippen molar-refractivity contribution in [2.24, 2.45) is 5.41 Å². The third-order valence-corrected chi connectivity index (χ3v) is 11.6. The molecule has 29 heteroatoms. The van der Waals surface area contributed by atoms with Gasteiger partial charge in [-0.2, -0.15) is 4.31 Å². The number of aromatic nitrogens is 4. The first-order chi connectivity index (χ1) is 25.9. The van der Waals surface area contributed by atoms with Gasteiger partial charge in [-0.3, -0.25) is 37.3 Å². The number of phosphoric ester groups is 3. The SMILES string of the molecule is CCCC(=O)CC(=O)SCCNC(=O)CCNC(=O)C(O)C(C)(C)COP(=O)(O)OP(=O)(O)OCC1OC(n2cnc3c(N)ncnc32)C(O)C1OP(=O)(O)O. The summed E-state index contributed by atoms with van der Waals surface area (Å²) in [5.74, 6) is -1.47. The normalized spacial score (nSPS) is 21.6. The molecule has 2 aromatic rings. The topological polar surface area (TPSA) is 381 Å². The highest BCUT2D eigenvalue weighted by atomic mass is 32.2. The van der Waals surface area contributed by atoms with Gasteiger partial charge in [-0.1, -0.05) is 32.5 Å². The lowest BCUT2D eigenvalue weighted by Crippen LogP contribution is -2.46. The van der Waals surface area contributed by atoms with Gasteiger partial charge in [0.25, 0.3) is 0 Å². The Kier molecular flexibility index (Phi) is 17.2. The number of carbonyl (C=O) groups is 4. The minimum Gasteiger partial charge on any atom is -0.386 e. The van der Waals surface area contributed by atoms with Gasteiger partial charge in [-0.25, -0.2) is 28.6 Å². The van der Waals surface area contributed by atoms with Crippen LogP contribution in [0.1, 0.15) is 52.7 Å². The van der Waals surface area contributed by atoms with Gasteiger partial charge in [-0.15, -0.1) is 0 Å². The molecule has 2 aromatic heterocycles. The highest BCUT2D eigenvalue weighted by Gasteiger charge is 2.50. The van der Waals surface area contributed by atoms with E-state index in [-0.39, 0.29) is 59.6 Å². The summed E-state index contributed by atoms with van der Waals surface area (Å²) >= 11 is 0.904. The predicted octanol–water partition coefficient (Wildman–Crippen LogP) is -0.576. The number of amides is 2. The molecule has 0 aliphatic carbocycles. The molecule has 3 rings (SSSR count). The van der Waals surface area contributed by atoms with Crippen LogP contribution in [0.3, 0.4) is 0 Å². The van der Waals surface area contributed by atoms with Crippen molar-refractivity contribution in [3.05, 3.63) is 12.7 Å². The first kappa shape index (κ1) is 47.6. The van der Waals surface area contributed by atoms with Gasteiger partial charge in [0.05, 0.1) is 26.0 Å². The number of ether oxygens (including phenoxy) is 1. The van der Waals surface area contributed by atoms with E-state index in [4.69, 9.17) is 19.5 Å². The summed E-state index contributed by atoms with van der Waals surface area (Å²) in [6, 6.07) is 0. The number of aliphatic hydroxyl groups is 2. The van der Waals surface area contributed by atoms with E-state index in [9.17, 15) is 62.7 Å². The zero-order valence-electron chi connectivity index (χ0n) is 30.1. The Balaban J connectivity index is 1.48. The third kappa shape index (κ3) is 14.6. The number of hydrogen-bond acceptors (Lipinski definition) is 19. The van der Waals surface area contributed by atoms with Crippen LogP contribution in [0, 0.1) is 5.41 Å². The first-order valence-electron chi connectivity index (χ1n) is 16.5. The largest absolute Gasteiger partial charge is 0.481 e. The molecule has 0 aromatic carbocycles. The number of anilines is 1. The summed E-state index contributed by atoms with van der Waals surface area (Å²) in [4.78, 5) is 98.8. The lowest BCUT2D eigenvalue weighted by molar-refractivity contribution is -0.137. The highest BCUT2D eigenvalue weighted by Crippen LogP contribution is 2.61. The summed E-state index contributed by atoms with van der Waals surface area (Å²) in [6.45, 7) is 2.14. The smallest absolute Gasteiger partial charge is 0.386 e. The number of hydrogen-bond donors (Lipinski definition) is 9. The molecule has 7 unspecified atom stereocenters. The fourth-order valence-electron chi connectivity index (χ4n) is 4.87. The minimum absolute atomic E-state index is 0.0245. The van der Waals surface area contributed by atoms with Gasteiger partial charge in [0.2, 0.25) is 11.8 Å². The van der Waals surface area contributed by atoms with E-state index in [0.29, 0.717) is 12.8 Å². The van der Waals surface area contributed by atoms with Gasteiger partial charge in [0, 0.05) is 37.1 Å². The minimum atomic E-state index is -5.58. The molecule has 1 aliphatic rings. The second-order valence-corrected chi connectivity index (χ2v) is 18.1. The van der Waals surface area contributed by atoms with Crippen molar-refractivity contribution in [2.45, 2.75) is 77.1 Å². The van der Waals surface area contributed by atoms with Crippen molar-refractivity contribution >= 4 is 74.9 Å². The number of carbonyl (C=O) groups excluding carboxylic acids is 4. The molecule has 316 valence electrons. The predicted molar refractivity (Wildman–Crippen MR) is 192 cm³/mol. The summed E-state index contributed by atoms with van der Waals surface area (Å²) in [5.41, 5.74) is 4.23. The molecular weight excluding hydrogens is 835 g/mol. The summed E-state index contributed by atoms with van der Waals surface area (Å²) in [7, 11) is -16.4. The Labute approximate surface area is 322 Å². The number of aliphatic hydroxyl groups excluding tert-OH is 2. The number of imidazole rings is 1. The van der Waals surface area contributed by atoms with Crippen LogP contribution in [-0.2, 0) is 55.5 Å². The fourth-order valence-corrected chi connectivity index (χ4v) is 8.40. The lowest BCUT2D eigenvalue weighted by atomic mass is 9.87. The van der Waals surface area contributed by atoms with E-state index < -0.39 is 84.6 Å². The first-order valence-corrected chi connectivity index (χ1v) is 22.0. The van der Waals surface area contributed by atoms with Gasteiger partial charge < -0.3 is 50.9 Å². The molecule has 0 saturated carbocycles. The van der Waals surface area contributed by atoms with Crippen LogP contribution in [-0.4, -0.2) is 128 Å². The Morgan fingerprint density at radius 2 is 1.71 bits per heavy atom. The number of fused-ring (bicyclic) bond motifs is 1. The van der Waals surface area contributed by atoms with Crippen LogP contribution in [0.5, 0.6) is 0 Å². The number of rotatable bonds is 23. The Morgan fingerprint density at radius 1 is 1.04 bits per heavy atom. The van der Waals surface area contributed by atoms with E-state index >= 15 is 0 Å². The zero-order valence-corrected chi connectivity index (χ0v) is 33.6. The molecule has 25 nitrogen and oxygen atoms in total. The van der Waals surface area contributed by atoms with Crippen molar-refractivity contribution in [3.63, 3.8) is 0 Å². The molecular formula is C27H44N7O18P3S. The van der Waals surface area contributed by atoms with Crippen molar-refractivity contribution in [1.29, 1.82) is 0 Å². The van der Waals surface area contributed by atoms with Crippen LogP contribution in [0.2, 0.25) is 0 Å². The highest BCUT2D eigenvalue weighted by molar-refractivity contribution is 8.13. The van der Waals surface area contributed by atoms with Crippen molar-refractivity contribution in [3.8, 4) is 0 Å². The standard InChI is InChI=1S/C27H44N7O18P3S/c1-4-5-15(35)10-18(37)56-9-8-29-17(36)6-7-30-25(40)22(39)27(2,3)12-49-55(46,47)52-54(44,45)48-11-16-21(51-53(41,42)43)20(38)26(50-16)34-14-33-19-23(28)31-13-32-24(19)34/h13-14,16,20-22,26,38-39H,4-12H2,1-3H3,(H,29,36)(H,30,40)(H,44,45)(H,46,47)(H2,28,31,32)(H2,41,42,43). The average Bonchev–Trinajstić information content (AvgIpc) is 3.64. The van der Waals surface area contributed by atoms with Gasteiger partial charge >= 0.3 is 23.5 Å². The molecule has 0 bridgehead atoms.